The molecule has 1 N–H and O–H groups in total. The van der Waals surface area contributed by atoms with E-state index in [1.165, 1.54) is 33.4 Å². The molecule has 1 aromatic heterocycles. The van der Waals surface area contributed by atoms with Gasteiger partial charge in [0.1, 0.15) is 12.4 Å². The lowest BCUT2D eigenvalue weighted by Gasteiger charge is -2.27. The average molecular weight is 359 g/mol. The molecule has 0 spiro atoms. The van der Waals surface area contributed by atoms with Crippen LogP contribution < -0.4 is 15.0 Å². The van der Waals surface area contributed by atoms with Gasteiger partial charge in [-0.3, -0.25) is 5.32 Å². The van der Waals surface area contributed by atoms with Crippen molar-refractivity contribution in [1.82, 2.24) is 10.3 Å². The minimum absolute atomic E-state index is 0.513. The highest BCUT2D eigenvalue weighted by Crippen LogP contribution is 2.29. The molecule has 0 unspecified atom stereocenters. The topological polar surface area (TPSA) is 37.4 Å². The highest BCUT2D eigenvalue weighted by Gasteiger charge is 2.16. The molecule has 2 aromatic carbocycles. The van der Waals surface area contributed by atoms with Gasteiger partial charge in [0.2, 0.25) is 5.88 Å². The highest BCUT2D eigenvalue weighted by molar-refractivity contribution is 5.71. The quantitative estimate of drug-likeness (QED) is 0.747. The standard InChI is InChI=1S/C23H25N3O/c1-16-7-4-5-9-20(16)21-10-6-8-19(17(21)2)14-27-22-12-11-18-13-24-15-26(3)23(18)25-22/h4-12,24H,13-15H2,1-3H3. The number of hydrogen-bond acceptors (Lipinski definition) is 4. The minimum Gasteiger partial charge on any atom is -0.473 e. The first-order valence-corrected chi connectivity index (χ1v) is 9.32. The number of ether oxygens (including phenoxy) is 1. The van der Waals surface area contributed by atoms with E-state index in [2.05, 4.69) is 72.6 Å². The molecule has 0 aliphatic carbocycles. The first-order valence-electron chi connectivity index (χ1n) is 9.32. The van der Waals surface area contributed by atoms with Gasteiger partial charge in [-0.15, -0.1) is 0 Å². The van der Waals surface area contributed by atoms with E-state index in [4.69, 9.17) is 9.72 Å². The Kier molecular flexibility index (Phi) is 4.82. The Morgan fingerprint density at radius 3 is 2.67 bits per heavy atom. The molecule has 3 aromatic rings. The van der Waals surface area contributed by atoms with Crippen molar-refractivity contribution < 1.29 is 4.74 Å². The maximum atomic E-state index is 6.05. The SMILES string of the molecule is Cc1ccccc1-c1cccc(COc2ccc3c(n2)N(C)CNC3)c1C. The number of rotatable bonds is 4. The fraction of sp³-hybridized carbons (Fsp3) is 0.261. The average Bonchev–Trinajstić information content (AvgIpc) is 2.68. The van der Waals surface area contributed by atoms with Crippen LogP contribution in [0, 0.1) is 13.8 Å². The van der Waals surface area contributed by atoms with Gasteiger partial charge < -0.3 is 9.64 Å². The zero-order valence-corrected chi connectivity index (χ0v) is 16.1. The van der Waals surface area contributed by atoms with Crippen molar-refractivity contribution in [3.8, 4) is 17.0 Å². The van der Waals surface area contributed by atoms with Crippen molar-refractivity contribution in [2.24, 2.45) is 0 Å². The summed E-state index contributed by atoms with van der Waals surface area (Å²) in [5.41, 5.74) is 7.47. The lowest BCUT2D eigenvalue weighted by molar-refractivity contribution is 0.293. The first kappa shape index (κ1) is 17.6. The van der Waals surface area contributed by atoms with E-state index >= 15 is 0 Å². The van der Waals surface area contributed by atoms with Gasteiger partial charge >= 0.3 is 0 Å². The Morgan fingerprint density at radius 1 is 1.00 bits per heavy atom. The van der Waals surface area contributed by atoms with E-state index in [0.29, 0.717) is 12.5 Å². The van der Waals surface area contributed by atoms with E-state index in [1.807, 2.05) is 13.1 Å². The number of fused-ring (bicyclic) bond motifs is 1. The molecule has 27 heavy (non-hydrogen) atoms. The molecular weight excluding hydrogens is 334 g/mol. The van der Waals surface area contributed by atoms with Crippen molar-refractivity contribution in [3.05, 3.63) is 76.9 Å². The Balaban J connectivity index is 1.57. The van der Waals surface area contributed by atoms with Gasteiger partial charge in [-0.2, -0.15) is 4.98 Å². The number of aryl methyl sites for hydroxylation is 1. The number of nitrogens with one attached hydrogen (secondary N) is 1. The van der Waals surface area contributed by atoms with Gasteiger partial charge in [-0.05, 0) is 47.7 Å². The lowest BCUT2D eigenvalue weighted by atomic mass is 9.94. The van der Waals surface area contributed by atoms with Crippen LogP contribution in [0.25, 0.3) is 11.1 Å². The van der Waals surface area contributed by atoms with Crippen molar-refractivity contribution in [2.75, 3.05) is 18.6 Å². The van der Waals surface area contributed by atoms with Crippen LogP contribution in [-0.2, 0) is 13.2 Å². The number of pyridine rings is 1. The van der Waals surface area contributed by atoms with Gasteiger partial charge in [0.25, 0.3) is 0 Å². The molecule has 4 rings (SSSR count). The summed E-state index contributed by atoms with van der Waals surface area (Å²) in [6.45, 7) is 6.49. The van der Waals surface area contributed by atoms with Gasteiger partial charge in [-0.25, -0.2) is 0 Å². The number of benzene rings is 2. The van der Waals surface area contributed by atoms with E-state index in [9.17, 15) is 0 Å². The molecular formula is C23H25N3O. The molecule has 0 radical (unpaired) electrons. The molecule has 0 saturated carbocycles. The normalized spacial score (nSPS) is 13.4. The zero-order valence-electron chi connectivity index (χ0n) is 16.1. The molecule has 138 valence electrons. The Morgan fingerprint density at radius 2 is 1.81 bits per heavy atom. The predicted molar refractivity (Wildman–Crippen MR) is 110 cm³/mol. The monoisotopic (exact) mass is 359 g/mol. The number of hydrogen-bond donors (Lipinski definition) is 1. The summed E-state index contributed by atoms with van der Waals surface area (Å²) in [6, 6.07) is 19.0. The van der Waals surface area contributed by atoms with Crippen molar-refractivity contribution >= 4 is 5.82 Å². The van der Waals surface area contributed by atoms with Gasteiger partial charge in [0.05, 0.1) is 6.67 Å². The highest BCUT2D eigenvalue weighted by atomic mass is 16.5. The van der Waals surface area contributed by atoms with Gasteiger partial charge in [0.15, 0.2) is 0 Å². The van der Waals surface area contributed by atoms with Crippen LogP contribution in [-0.4, -0.2) is 18.7 Å². The van der Waals surface area contributed by atoms with Crippen LogP contribution in [0.5, 0.6) is 5.88 Å². The maximum absolute atomic E-state index is 6.05. The fourth-order valence-corrected chi connectivity index (χ4v) is 3.60. The maximum Gasteiger partial charge on any atom is 0.215 e. The minimum atomic E-state index is 0.513. The molecule has 2 heterocycles. The van der Waals surface area contributed by atoms with E-state index in [1.54, 1.807) is 0 Å². The molecule has 1 aliphatic heterocycles. The van der Waals surface area contributed by atoms with Crippen molar-refractivity contribution in [3.63, 3.8) is 0 Å². The Bertz CT molecular complexity index is 968. The number of anilines is 1. The second-order valence-electron chi connectivity index (χ2n) is 7.11. The van der Waals surface area contributed by atoms with Crippen LogP contribution in [0.15, 0.2) is 54.6 Å². The zero-order chi connectivity index (χ0) is 18.8. The van der Waals surface area contributed by atoms with Crippen LogP contribution in [0.2, 0.25) is 0 Å². The lowest BCUT2D eigenvalue weighted by Crippen LogP contribution is -2.36. The van der Waals surface area contributed by atoms with Crippen molar-refractivity contribution in [1.29, 1.82) is 0 Å². The van der Waals surface area contributed by atoms with Gasteiger partial charge in [-0.1, -0.05) is 42.5 Å². The van der Waals surface area contributed by atoms with Gasteiger partial charge in [0, 0.05) is 25.2 Å². The molecule has 0 atom stereocenters. The molecule has 0 saturated heterocycles. The Labute approximate surface area is 160 Å². The predicted octanol–water partition coefficient (Wildman–Crippen LogP) is 4.44. The van der Waals surface area contributed by atoms with E-state index in [0.717, 1.165) is 19.0 Å². The van der Waals surface area contributed by atoms with E-state index < -0.39 is 0 Å². The number of nitrogens with zero attached hydrogens (tertiary/aromatic N) is 2. The van der Waals surface area contributed by atoms with Crippen LogP contribution in [0.1, 0.15) is 22.3 Å². The van der Waals surface area contributed by atoms with Crippen LogP contribution in [0.3, 0.4) is 0 Å². The third-order valence-corrected chi connectivity index (χ3v) is 5.21. The fourth-order valence-electron chi connectivity index (χ4n) is 3.60. The second kappa shape index (κ2) is 7.41. The summed E-state index contributed by atoms with van der Waals surface area (Å²) < 4.78 is 6.05. The summed E-state index contributed by atoms with van der Waals surface area (Å²) in [6.07, 6.45) is 0. The van der Waals surface area contributed by atoms with Crippen LogP contribution >= 0.6 is 0 Å². The molecule has 0 fully saturated rings. The smallest absolute Gasteiger partial charge is 0.215 e. The summed E-state index contributed by atoms with van der Waals surface area (Å²) in [5, 5.41) is 3.35. The summed E-state index contributed by atoms with van der Waals surface area (Å²) in [5.74, 6) is 1.67. The van der Waals surface area contributed by atoms with E-state index in [-0.39, 0.29) is 0 Å². The molecule has 1 aliphatic rings. The third-order valence-electron chi connectivity index (χ3n) is 5.21. The first-order chi connectivity index (χ1) is 13.1. The molecule has 0 bridgehead atoms. The summed E-state index contributed by atoms with van der Waals surface area (Å²) in [4.78, 5) is 6.80. The molecule has 0 amide bonds. The number of aromatic nitrogens is 1. The summed E-state index contributed by atoms with van der Waals surface area (Å²) >= 11 is 0. The molecule has 4 heteroatoms. The van der Waals surface area contributed by atoms with Crippen LogP contribution in [0.4, 0.5) is 5.82 Å². The van der Waals surface area contributed by atoms with Crippen molar-refractivity contribution in [2.45, 2.75) is 27.0 Å². The Hall–Kier alpha value is -2.85. The largest absolute Gasteiger partial charge is 0.473 e. The summed E-state index contributed by atoms with van der Waals surface area (Å²) in [7, 11) is 2.04. The molecule has 4 nitrogen and oxygen atoms in total. The third kappa shape index (κ3) is 3.53. The second-order valence-corrected chi connectivity index (χ2v) is 7.11.